The van der Waals surface area contributed by atoms with Crippen LogP contribution in [0.25, 0.3) is 11.3 Å². The molecule has 1 aromatic heterocycles. The number of rotatable bonds is 6. The van der Waals surface area contributed by atoms with Gasteiger partial charge in [0.2, 0.25) is 11.8 Å². The first-order valence-corrected chi connectivity index (χ1v) is 10.5. The second-order valence-corrected chi connectivity index (χ2v) is 8.44. The minimum atomic E-state index is -0.507. The topological polar surface area (TPSA) is 117 Å². The van der Waals surface area contributed by atoms with Gasteiger partial charge in [-0.15, -0.1) is 10.2 Å². The van der Waals surface area contributed by atoms with Crippen molar-refractivity contribution in [2.45, 2.75) is 38.1 Å². The summed E-state index contributed by atoms with van der Waals surface area (Å²) in [5.74, 6) is -0.465. The fourth-order valence-electron chi connectivity index (χ4n) is 3.03. The first kappa shape index (κ1) is 22.2. The average Bonchev–Trinajstić information content (AvgIpc) is 2.70. The van der Waals surface area contributed by atoms with E-state index >= 15 is 0 Å². The Bertz CT molecular complexity index is 1180. The van der Waals surface area contributed by atoms with Crippen molar-refractivity contribution >= 4 is 35.0 Å². The normalized spacial score (nSPS) is 11.6. The van der Waals surface area contributed by atoms with Crippen LogP contribution >= 0.6 is 11.8 Å². The molecule has 0 spiro atoms. The quantitative estimate of drug-likeness (QED) is 0.508. The van der Waals surface area contributed by atoms with Crippen LogP contribution in [0.3, 0.4) is 0 Å². The van der Waals surface area contributed by atoms with Crippen molar-refractivity contribution in [3.63, 3.8) is 0 Å². The summed E-state index contributed by atoms with van der Waals surface area (Å²) in [6.45, 7) is 6.86. The van der Waals surface area contributed by atoms with E-state index in [4.69, 9.17) is 0 Å². The maximum Gasteiger partial charge on any atom is 0.278 e. The number of aromatic amines is 1. The van der Waals surface area contributed by atoms with Gasteiger partial charge in [0, 0.05) is 18.2 Å². The molecular formula is C22H23N5O3S. The molecule has 0 aliphatic heterocycles. The lowest BCUT2D eigenvalue weighted by atomic mass is 10.0. The lowest BCUT2D eigenvalue weighted by Crippen LogP contribution is -2.23. The lowest BCUT2D eigenvalue weighted by molar-refractivity contribution is -0.115. The summed E-state index contributed by atoms with van der Waals surface area (Å²) >= 11 is 1.10. The zero-order valence-electron chi connectivity index (χ0n) is 17.6. The molecule has 2 aromatic carbocycles. The molecule has 0 bridgehead atoms. The highest BCUT2D eigenvalue weighted by molar-refractivity contribution is 8.00. The second-order valence-electron chi connectivity index (χ2n) is 7.11. The summed E-state index contributed by atoms with van der Waals surface area (Å²) in [7, 11) is 0. The van der Waals surface area contributed by atoms with Crippen LogP contribution in [0.4, 0.5) is 11.4 Å². The molecule has 0 radical (unpaired) electrons. The van der Waals surface area contributed by atoms with Gasteiger partial charge in [-0.1, -0.05) is 41.6 Å². The van der Waals surface area contributed by atoms with Crippen LogP contribution in [-0.4, -0.2) is 32.2 Å². The summed E-state index contributed by atoms with van der Waals surface area (Å²) in [6, 6.07) is 12.8. The fraction of sp³-hybridized carbons (Fsp3) is 0.227. The van der Waals surface area contributed by atoms with E-state index in [0.717, 1.165) is 22.9 Å². The van der Waals surface area contributed by atoms with Crippen LogP contribution in [0, 0.1) is 13.8 Å². The van der Waals surface area contributed by atoms with Gasteiger partial charge in [-0.2, -0.15) is 0 Å². The van der Waals surface area contributed by atoms with E-state index in [1.165, 1.54) is 6.92 Å². The molecule has 0 saturated carbocycles. The van der Waals surface area contributed by atoms with Crippen molar-refractivity contribution < 1.29 is 9.59 Å². The van der Waals surface area contributed by atoms with E-state index in [1.54, 1.807) is 25.1 Å². The molecule has 3 N–H and O–H groups in total. The van der Waals surface area contributed by atoms with Crippen LogP contribution < -0.4 is 16.2 Å². The maximum atomic E-state index is 12.8. The molecule has 160 valence electrons. The van der Waals surface area contributed by atoms with Gasteiger partial charge < -0.3 is 10.6 Å². The third kappa shape index (κ3) is 5.58. The summed E-state index contributed by atoms with van der Waals surface area (Å²) in [5.41, 5.74) is 3.09. The highest BCUT2D eigenvalue weighted by Crippen LogP contribution is 2.30. The van der Waals surface area contributed by atoms with Crippen LogP contribution in [0.2, 0.25) is 0 Å². The van der Waals surface area contributed by atoms with Gasteiger partial charge in [0.05, 0.1) is 10.9 Å². The zero-order chi connectivity index (χ0) is 22.5. The number of aryl methyl sites for hydroxylation is 2. The number of H-pyrrole nitrogens is 1. The number of carbonyl (C=O) groups is 2. The average molecular weight is 438 g/mol. The van der Waals surface area contributed by atoms with Gasteiger partial charge in [0.1, 0.15) is 0 Å². The summed E-state index contributed by atoms with van der Waals surface area (Å²) in [6.07, 6.45) is 0. The van der Waals surface area contributed by atoms with Gasteiger partial charge in [-0.25, -0.2) is 0 Å². The van der Waals surface area contributed by atoms with Gasteiger partial charge in [-0.3, -0.25) is 19.4 Å². The highest BCUT2D eigenvalue weighted by Gasteiger charge is 2.19. The minimum absolute atomic E-state index is 0.0984. The minimum Gasteiger partial charge on any atom is -0.325 e. The molecule has 9 heteroatoms. The van der Waals surface area contributed by atoms with Crippen LogP contribution in [0.15, 0.2) is 52.4 Å². The molecule has 3 aromatic rings. The molecule has 0 aliphatic rings. The Morgan fingerprint density at radius 1 is 1.06 bits per heavy atom. The first-order valence-electron chi connectivity index (χ1n) is 9.63. The molecule has 0 saturated heterocycles. The number of thioether (sulfide) groups is 1. The van der Waals surface area contributed by atoms with Gasteiger partial charge >= 0.3 is 0 Å². The number of anilines is 2. The third-order valence-corrected chi connectivity index (χ3v) is 5.39. The number of carbonyl (C=O) groups excluding carboxylic acids is 2. The van der Waals surface area contributed by atoms with Crippen molar-refractivity contribution in [2.24, 2.45) is 0 Å². The van der Waals surface area contributed by atoms with E-state index in [-0.39, 0.29) is 22.7 Å². The van der Waals surface area contributed by atoms with Crippen LogP contribution in [0.5, 0.6) is 0 Å². The molecular weight excluding hydrogens is 414 g/mol. The molecule has 8 nitrogen and oxygen atoms in total. The Hall–Kier alpha value is -3.46. The molecule has 0 unspecified atom stereocenters. The van der Waals surface area contributed by atoms with E-state index in [2.05, 4.69) is 25.8 Å². The number of hydrogen-bond donors (Lipinski definition) is 3. The Morgan fingerprint density at radius 3 is 2.42 bits per heavy atom. The van der Waals surface area contributed by atoms with Crippen molar-refractivity contribution in [2.75, 3.05) is 10.6 Å². The highest BCUT2D eigenvalue weighted by atomic mass is 32.2. The number of amides is 2. The van der Waals surface area contributed by atoms with E-state index in [1.807, 2.05) is 38.1 Å². The maximum absolute atomic E-state index is 12.8. The number of aromatic nitrogens is 3. The number of nitrogens with zero attached hydrogens (tertiary/aromatic N) is 2. The molecule has 0 fully saturated rings. The Labute approximate surface area is 183 Å². The Balaban J connectivity index is 1.83. The van der Waals surface area contributed by atoms with Gasteiger partial charge in [-0.05, 0) is 44.5 Å². The molecule has 3 rings (SSSR count). The third-order valence-electron chi connectivity index (χ3n) is 4.41. The summed E-state index contributed by atoms with van der Waals surface area (Å²) in [5, 5.41) is 13.5. The monoisotopic (exact) mass is 437 g/mol. The van der Waals surface area contributed by atoms with Crippen molar-refractivity contribution in [1.29, 1.82) is 0 Å². The number of hydrogen-bond acceptors (Lipinski definition) is 6. The number of benzene rings is 2. The lowest BCUT2D eigenvalue weighted by Gasteiger charge is -2.14. The van der Waals surface area contributed by atoms with Crippen LogP contribution in [-0.2, 0) is 9.59 Å². The summed E-state index contributed by atoms with van der Waals surface area (Å²) in [4.78, 5) is 39.5. The Kier molecular flexibility index (Phi) is 6.86. The van der Waals surface area contributed by atoms with E-state index in [0.29, 0.717) is 16.9 Å². The van der Waals surface area contributed by atoms with Crippen molar-refractivity contribution in [1.82, 2.24) is 15.2 Å². The van der Waals surface area contributed by atoms with E-state index in [9.17, 15) is 14.4 Å². The molecule has 0 aliphatic carbocycles. The van der Waals surface area contributed by atoms with Crippen molar-refractivity contribution in [3.05, 3.63) is 63.9 Å². The predicted molar refractivity (Wildman–Crippen MR) is 122 cm³/mol. The SMILES string of the molecule is CC(=O)Nc1c(C)cc(C)cc1-c1nnc(S[C@@H](C)C(=O)Nc2ccccc2)[nH]c1=O. The number of para-hydroxylation sites is 1. The number of nitrogens with one attached hydrogen (secondary N) is 3. The molecule has 1 heterocycles. The van der Waals surface area contributed by atoms with Crippen molar-refractivity contribution in [3.8, 4) is 11.3 Å². The standard InChI is InChI=1S/C22H23N5O3S/c1-12-10-13(2)18(23-15(4)28)17(11-12)19-21(30)25-22(27-26-19)31-14(3)20(29)24-16-8-6-5-7-9-16/h5-11,14H,1-4H3,(H,23,28)(H,24,29)(H,25,27,30)/t14-/m0/s1. The Morgan fingerprint density at radius 2 is 1.77 bits per heavy atom. The van der Waals surface area contributed by atoms with E-state index < -0.39 is 10.8 Å². The molecule has 1 atom stereocenters. The zero-order valence-corrected chi connectivity index (χ0v) is 18.5. The molecule has 2 amide bonds. The van der Waals surface area contributed by atoms with Crippen LogP contribution in [0.1, 0.15) is 25.0 Å². The van der Waals surface area contributed by atoms with Gasteiger partial charge in [0.15, 0.2) is 10.9 Å². The van der Waals surface area contributed by atoms with Gasteiger partial charge in [0.25, 0.3) is 5.56 Å². The fourth-order valence-corrected chi connectivity index (χ4v) is 3.77. The smallest absolute Gasteiger partial charge is 0.278 e. The molecule has 31 heavy (non-hydrogen) atoms. The predicted octanol–water partition coefficient (Wildman–Crippen LogP) is 3.53. The first-order chi connectivity index (χ1) is 14.7. The largest absolute Gasteiger partial charge is 0.325 e. The summed E-state index contributed by atoms with van der Waals surface area (Å²) < 4.78 is 0. The second kappa shape index (κ2) is 9.57.